The summed E-state index contributed by atoms with van der Waals surface area (Å²) < 4.78 is 20.6. The first-order chi connectivity index (χ1) is 29.9. The van der Waals surface area contributed by atoms with Crippen LogP contribution in [-0.4, -0.2) is 76.0 Å². The fourth-order valence-corrected chi connectivity index (χ4v) is 9.72. The molecule has 62 heavy (non-hydrogen) atoms. The molecular weight excluding hydrogens is 787 g/mol. The molecule has 342 valence electrons. The van der Waals surface area contributed by atoms with Crippen molar-refractivity contribution < 1.29 is 39.0 Å². The Morgan fingerprint density at radius 3 is 2.31 bits per heavy atom. The van der Waals surface area contributed by atoms with Gasteiger partial charge in [-0.15, -0.1) is 6.58 Å². The number of aliphatic hydroxyl groups excluding tert-OH is 2. The van der Waals surface area contributed by atoms with E-state index in [4.69, 9.17) is 24.2 Å². The van der Waals surface area contributed by atoms with Gasteiger partial charge in [0.15, 0.2) is 0 Å². The van der Waals surface area contributed by atoms with Gasteiger partial charge in [-0.25, -0.2) is 0 Å². The molecule has 2 aromatic carbocycles. The van der Waals surface area contributed by atoms with Crippen LogP contribution < -0.4 is 9.47 Å². The van der Waals surface area contributed by atoms with Crippen molar-refractivity contribution in [1.82, 2.24) is 4.90 Å². The van der Waals surface area contributed by atoms with E-state index in [0.717, 1.165) is 61.8 Å². The zero-order chi connectivity index (χ0) is 44.7. The zero-order valence-electron chi connectivity index (χ0n) is 38.0. The summed E-state index contributed by atoms with van der Waals surface area (Å²) in [6.07, 6.45) is 19.8. The average molecular weight is 860 g/mol. The molecule has 5 rings (SSSR count). The molecule has 6 atom stereocenters. The van der Waals surface area contributed by atoms with Gasteiger partial charge in [0.2, 0.25) is 11.7 Å². The lowest BCUT2D eigenvalue weighted by molar-refractivity contribution is -0.384. The summed E-state index contributed by atoms with van der Waals surface area (Å²) in [5.74, 6) is -0.421. The molecule has 2 aliphatic carbocycles. The standard InChI is InChI=1S/C50H73N3O9/c1-7-9-10-11-12-13-14-15-16-26-46(56)52(6)45-35-43(51-62-49(3,4)5)41-32-36(22-17-19-29-54)40(25-18-20-30-55)47-42-34-39(60-38-24-21-23-37(33-38)53(57)58)27-28-44(42)61-50(45,48(41)47)59-31-8-2/h8,21,23-24,27-28,32-34,36,40,45,47-48,54-55H,2,7,9-20,22,25-26,29-31,35H2,1,3-6H3/t36-,40+,45-,47+,48+,50+/m0/s1. The number of ether oxygens (including phenoxy) is 3. The largest absolute Gasteiger partial charge is 0.459 e. The molecule has 0 bridgehead atoms. The minimum absolute atomic E-state index is 0.0203. The quantitative estimate of drug-likeness (QED) is 0.0407. The molecule has 0 spiro atoms. The van der Waals surface area contributed by atoms with E-state index in [2.05, 4.69) is 19.6 Å². The Bertz CT molecular complexity index is 1840. The molecule has 12 heteroatoms. The van der Waals surface area contributed by atoms with Crippen LogP contribution in [0.5, 0.6) is 17.2 Å². The van der Waals surface area contributed by atoms with Crippen LogP contribution in [0.2, 0.25) is 0 Å². The Labute approximate surface area is 369 Å². The third-order valence-corrected chi connectivity index (χ3v) is 12.7. The number of amides is 1. The molecule has 2 aromatic rings. The lowest BCUT2D eigenvalue weighted by Gasteiger charge is -2.59. The van der Waals surface area contributed by atoms with Crippen LogP contribution in [0.4, 0.5) is 5.69 Å². The number of carbonyl (C=O) groups excluding carboxylic acids is 1. The highest BCUT2D eigenvalue weighted by atomic mass is 16.7. The smallest absolute Gasteiger partial charge is 0.273 e. The van der Waals surface area contributed by atoms with E-state index in [-0.39, 0.29) is 49.2 Å². The van der Waals surface area contributed by atoms with E-state index in [9.17, 15) is 25.1 Å². The molecule has 12 nitrogen and oxygen atoms in total. The van der Waals surface area contributed by atoms with Gasteiger partial charge in [0.25, 0.3) is 5.69 Å². The highest BCUT2D eigenvalue weighted by molar-refractivity contribution is 6.03. The van der Waals surface area contributed by atoms with Gasteiger partial charge in [0.1, 0.15) is 28.9 Å². The summed E-state index contributed by atoms with van der Waals surface area (Å²) in [5.41, 5.74) is 1.96. The minimum atomic E-state index is -1.34. The van der Waals surface area contributed by atoms with Crippen LogP contribution in [0.3, 0.4) is 0 Å². The number of unbranched alkanes of at least 4 members (excludes halogenated alkanes) is 10. The van der Waals surface area contributed by atoms with Crippen LogP contribution in [0.15, 0.2) is 71.9 Å². The van der Waals surface area contributed by atoms with E-state index < -0.39 is 28.3 Å². The number of hydrogen-bond donors (Lipinski definition) is 2. The van der Waals surface area contributed by atoms with Crippen molar-refractivity contribution >= 4 is 17.3 Å². The van der Waals surface area contributed by atoms with Gasteiger partial charge in [0, 0.05) is 50.7 Å². The highest BCUT2D eigenvalue weighted by Crippen LogP contribution is 2.62. The number of oxime groups is 1. The number of fused-ring (bicyclic) bond motifs is 2. The van der Waals surface area contributed by atoms with Crippen molar-refractivity contribution in [3.63, 3.8) is 0 Å². The van der Waals surface area contributed by atoms with Crippen molar-refractivity contribution in [1.29, 1.82) is 0 Å². The third kappa shape index (κ3) is 12.5. The minimum Gasteiger partial charge on any atom is -0.459 e. The molecular formula is C50H73N3O9. The normalized spacial score (nSPS) is 23.4. The molecule has 1 fully saturated rings. The van der Waals surface area contributed by atoms with Crippen LogP contribution in [0, 0.1) is 27.9 Å². The van der Waals surface area contributed by atoms with Gasteiger partial charge in [-0.2, -0.15) is 0 Å². The number of carbonyl (C=O) groups is 1. The maximum Gasteiger partial charge on any atom is 0.273 e. The molecule has 3 aliphatic rings. The first-order valence-electron chi connectivity index (χ1n) is 23.3. The lowest BCUT2D eigenvalue weighted by atomic mass is 9.55. The maximum atomic E-state index is 14.4. The van der Waals surface area contributed by atoms with Crippen LogP contribution in [-0.2, 0) is 14.4 Å². The first kappa shape index (κ1) is 48.8. The highest BCUT2D eigenvalue weighted by Gasteiger charge is 2.65. The first-order valence-corrected chi connectivity index (χ1v) is 23.3. The van der Waals surface area contributed by atoms with Gasteiger partial charge >= 0.3 is 0 Å². The number of allylic oxidation sites excluding steroid dienone is 1. The summed E-state index contributed by atoms with van der Waals surface area (Å²) in [7, 11) is 1.86. The summed E-state index contributed by atoms with van der Waals surface area (Å²) in [6.45, 7) is 12.5. The third-order valence-electron chi connectivity index (χ3n) is 12.7. The summed E-state index contributed by atoms with van der Waals surface area (Å²) in [4.78, 5) is 33.6. The van der Waals surface area contributed by atoms with E-state index in [1.54, 1.807) is 24.3 Å². The van der Waals surface area contributed by atoms with Gasteiger partial charge in [-0.1, -0.05) is 94.5 Å². The van der Waals surface area contributed by atoms with Crippen molar-refractivity contribution in [3.05, 3.63) is 82.4 Å². The van der Waals surface area contributed by atoms with Crippen LogP contribution in [0.25, 0.3) is 0 Å². The Balaban J connectivity index is 1.62. The molecule has 1 amide bonds. The number of non-ortho nitro benzene ring substituents is 1. The molecule has 0 aromatic heterocycles. The number of nitro benzene ring substituents is 1. The number of aliphatic hydroxyl groups is 2. The monoisotopic (exact) mass is 860 g/mol. The molecule has 1 aliphatic heterocycles. The predicted molar refractivity (Wildman–Crippen MR) is 244 cm³/mol. The maximum absolute atomic E-state index is 14.4. The molecule has 0 unspecified atom stereocenters. The molecule has 0 radical (unpaired) electrons. The Morgan fingerprint density at radius 2 is 1.65 bits per heavy atom. The Morgan fingerprint density at radius 1 is 0.968 bits per heavy atom. The Kier molecular flexibility index (Phi) is 18.4. The van der Waals surface area contributed by atoms with E-state index in [1.165, 1.54) is 50.7 Å². The molecule has 2 N–H and O–H groups in total. The van der Waals surface area contributed by atoms with Crippen molar-refractivity contribution in [2.24, 2.45) is 22.9 Å². The number of rotatable bonds is 26. The average Bonchev–Trinajstić information content (AvgIpc) is 3.25. The van der Waals surface area contributed by atoms with E-state index >= 15 is 0 Å². The second kappa shape index (κ2) is 23.4. The fraction of sp³-hybridized carbons (Fsp3) is 0.640. The van der Waals surface area contributed by atoms with Crippen LogP contribution in [0.1, 0.15) is 148 Å². The number of nitro groups is 1. The SMILES string of the molecule is C=CCO[C@@]12Oc3ccc(Oc4cccc([N+](=O)[O-])c4)cc3[C@H]3[C@H](CCCCO)[C@@H](CCCCO)C=C(C(=NOC(C)(C)C)C[C@@H]1N(C)C(=O)CCCCCCCCCCC)[C@H]32. The number of likely N-dealkylation sites (N-methyl/N-ethyl adjacent to an activating group) is 1. The molecule has 1 heterocycles. The summed E-state index contributed by atoms with van der Waals surface area (Å²) in [6, 6.07) is 11.2. The fourth-order valence-electron chi connectivity index (χ4n) is 9.72. The second-order valence-corrected chi connectivity index (χ2v) is 18.4. The summed E-state index contributed by atoms with van der Waals surface area (Å²) >= 11 is 0. The zero-order valence-corrected chi connectivity index (χ0v) is 38.0. The van der Waals surface area contributed by atoms with Crippen LogP contribution >= 0.6 is 0 Å². The Hall–Kier alpha value is -4.26. The predicted octanol–water partition coefficient (Wildman–Crippen LogP) is 11.2. The van der Waals surface area contributed by atoms with Crippen molar-refractivity contribution in [2.75, 3.05) is 26.9 Å². The van der Waals surface area contributed by atoms with Gasteiger partial charge in [-0.05, 0) is 94.5 Å². The summed E-state index contributed by atoms with van der Waals surface area (Å²) in [5, 5.41) is 36.3. The van der Waals surface area contributed by atoms with Gasteiger partial charge in [0.05, 0.1) is 29.2 Å². The van der Waals surface area contributed by atoms with Gasteiger partial charge in [-0.3, -0.25) is 14.9 Å². The van der Waals surface area contributed by atoms with E-state index in [1.807, 2.05) is 44.9 Å². The number of hydrogen-bond acceptors (Lipinski definition) is 10. The lowest BCUT2D eigenvalue weighted by Crippen LogP contribution is -2.69. The van der Waals surface area contributed by atoms with Gasteiger partial charge < -0.3 is 34.2 Å². The topological polar surface area (TPSA) is 153 Å². The molecule has 1 saturated carbocycles. The number of nitrogens with zero attached hydrogens (tertiary/aromatic N) is 3. The number of benzene rings is 2. The molecule has 0 saturated heterocycles. The van der Waals surface area contributed by atoms with Crippen molar-refractivity contribution in [3.8, 4) is 17.2 Å². The van der Waals surface area contributed by atoms with E-state index in [0.29, 0.717) is 42.9 Å². The second-order valence-electron chi connectivity index (χ2n) is 18.4. The van der Waals surface area contributed by atoms with Crippen molar-refractivity contribution in [2.45, 2.75) is 160 Å².